The molecular formula is C12H15BrN2O2. The highest BCUT2D eigenvalue weighted by atomic mass is 79.9. The number of pyridine rings is 1. The molecule has 2 rings (SSSR count). The van der Waals surface area contributed by atoms with Gasteiger partial charge in [0.1, 0.15) is 0 Å². The van der Waals surface area contributed by atoms with Gasteiger partial charge in [0.15, 0.2) is 0 Å². The van der Waals surface area contributed by atoms with Crippen molar-refractivity contribution in [2.45, 2.75) is 19.4 Å². The van der Waals surface area contributed by atoms with Crippen molar-refractivity contribution in [3.63, 3.8) is 0 Å². The van der Waals surface area contributed by atoms with E-state index in [1.54, 1.807) is 18.5 Å². The van der Waals surface area contributed by atoms with Crippen molar-refractivity contribution in [1.29, 1.82) is 0 Å². The van der Waals surface area contributed by atoms with Gasteiger partial charge < -0.3 is 9.64 Å². The normalized spacial score (nSPS) is 19.1. The van der Waals surface area contributed by atoms with Crippen LogP contribution in [0.1, 0.15) is 24.2 Å². The number of aromatic nitrogens is 1. The van der Waals surface area contributed by atoms with Crippen LogP contribution >= 0.6 is 15.9 Å². The summed E-state index contributed by atoms with van der Waals surface area (Å²) in [5, 5.41) is 0. The number of carbonyl (C=O) groups excluding carboxylic acids is 1. The van der Waals surface area contributed by atoms with E-state index in [1.165, 1.54) is 0 Å². The fourth-order valence-electron chi connectivity index (χ4n) is 1.92. The van der Waals surface area contributed by atoms with Gasteiger partial charge >= 0.3 is 0 Å². The fraction of sp³-hybridized carbons (Fsp3) is 0.500. The summed E-state index contributed by atoms with van der Waals surface area (Å²) in [6.07, 6.45) is 3.26. The van der Waals surface area contributed by atoms with Crippen LogP contribution in [0.25, 0.3) is 0 Å². The fourth-order valence-corrected chi connectivity index (χ4v) is 2.28. The number of nitrogens with zero attached hydrogens (tertiary/aromatic N) is 2. The van der Waals surface area contributed by atoms with E-state index in [2.05, 4.69) is 20.9 Å². The standard InChI is InChI=1S/C12H15BrN2O2/c1-12(2)8-17-4-3-15(12)11(16)9-5-10(13)7-14-6-9/h5-7H,3-4,8H2,1-2H3. The second-order valence-corrected chi connectivity index (χ2v) is 5.63. The Bertz CT molecular complexity index is 434. The number of amides is 1. The Morgan fingerprint density at radius 3 is 2.94 bits per heavy atom. The second-order valence-electron chi connectivity index (χ2n) is 4.71. The summed E-state index contributed by atoms with van der Waals surface area (Å²) >= 11 is 3.33. The third-order valence-corrected chi connectivity index (χ3v) is 3.28. The molecule has 1 aliphatic heterocycles. The Kier molecular flexibility index (Phi) is 3.49. The Labute approximate surface area is 109 Å². The van der Waals surface area contributed by atoms with Gasteiger partial charge in [0.05, 0.1) is 24.3 Å². The molecule has 0 saturated carbocycles. The first kappa shape index (κ1) is 12.5. The summed E-state index contributed by atoms with van der Waals surface area (Å²) in [6.45, 7) is 5.81. The van der Waals surface area contributed by atoms with E-state index >= 15 is 0 Å². The van der Waals surface area contributed by atoms with Crippen molar-refractivity contribution in [2.24, 2.45) is 0 Å². The Balaban J connectivity index is 2.25. The van der Waals surface area contributed by atoms with Gasteiger partial charge in [-0.1, -0.05) is 0 Å². The van der Waals surface area contributed by atoms with Gasteiger partial charge in [0.2, 0.25) is 0 Å². The largest absolute Gasteiger partial charge is 0.377 e. The van der Waals surface area contributed by atoms with Crippen LogP contribution in [0.2, 0.25) is 0 Å². The summed E-state index contributed by atoms with van der Waals surface area (Å²) < 4.78 is 6.22. The highest BCUT2D eigenvalue weighted by molar-refractivity contribution is 9.10. The first-order valence-corrected chi connectivity index (χ1v) is 6.30. The van der Waals surface area contributed by atoms with Gasteiger partial charge in [-0.25, -0.2) is 0 Å². The van der Waals surface area contributed by atoms with Gasteiger partial charge in [0.25, 0.3) is 5.91 Å². The van der Waals surface area contributed by atoms with E-state index in [9.17, 15) is 4.79 Å². The predicted octanol–water partition coefficient (Wildman–Crippen LogP) is 2.10. The molecule has 0 aliphatic carbocycles. The lowest BCUT2D eigenvalue weighted by Gasteiger charge is -2.42. The molecule has 17 heavy (non-hydrogen) atoms. The molecule has 0 N–H and O–H groups in total. The molecule has 1 aliphatic rings. The van der Waals surface area contributed by atoms with E-state index in [4.69, 9.17) is 4.74 Å². The van der Waals surface area contributed by atoms with Crippen molar-refractivity contribution in [3.8, 4) is 0 Å². The zero-order chi connectivity index (χ0) is 12.5. The Morgan fingerprint density at radius 2 is 2.29 bits per heavy atom. The summed E-state index contributed by atoms with van der Waals surface area (Å²) in [5.74, 6) is 0.00657. The molecule has 0 radical (unpaired) electrons. The second kappa shape index (κ2) is 4.74. The van der Waals surface area contributed by atoms with E-state index in [0.717, 1.165) is 4.47 Å². The molecule has 5 heteroatoms. The van der Waals surface area contributed by atoms with E-state index in [1.807, 2.05) is 18.7 Å². The maximum absolute atomic E-state index is 12.4. The van der Waals surface area contributed by atoms with Gasteiger partial charge in [-0.15, -0.1) is 0 Å². The SMILES string of the molecule is CC1(C)COCCN1C(=O)c1cncc(Br)c1. The molecule has 0 aromatic carbocycles. The lowest BCUT2D eigenvalue weighted by molar-refractivity contribution is -0.0370. The number of morpholine rings is 1. The van der Waals surface area contributed by atoms with Crippen LogP contribution in [0, 0.1) is 0 Å². The maximum atomic E-state index is 12.4. The predicted molar refractivity (Wildman–Crippen MR) is 67.9 cm³/mol. The Hall–Kier alpha value is -0.940. The lowest BCUT2D eigenvalue weighted by Crippen LogP contribution is -2.55. The summed E-state index contributed by atoms with van der Waals surface area (Å²) in [4.78, 5) is 18.2. The number of hydrogen-bond donors (Lipinski definition) is 0. The quantitative estimate of drug-likeness (QED) is 0.797. The van der Waals surface area contributed by atoms with Crippen LogP contribution in [-0.4, -0.2) is 41.1 Å². The van der Waals surface area contributed by atoms with Crippen molar-refractivity contribution in [1.82, 2.24) is 9.88 Å². The van der Waals surface area contributed by atoms with Gasteiger partial charge in [0, 0.05) is 23.4 Å². The molecule has 1 amide bonds. The first-order valence-electron chi connectivity index (χ1n) is 5.51. The molecule has 0 unspecified atom stereocenters. The summed E-state index contributed by atoms with van der Waals surface area (Å²) in [6, 6.07) is 1.79. The highest BCUT2D eigenvalue weighted by Crippen LogP contribution is 2.22. The molecule has 1 fully saturated rings. The van der Waals surface area contributed by atoms with Crippen molar-refractivity contribution < 1.29 is 9.53 Å². The van der Waals surface area contributed by atoms with Crippen LogP contribution < -0.4 is 0 Å². The number of hydrogen-bond acceptors (Lipinski definition) is 3. The minimum Gasteiger partial charge on any atom is -0.377 e. The molecule has 1 aromatic rings. The maximum Gasteiger partial charge on any atom is 0.256 e. The highest BCUT2D eigenvalue weighted by Gasteiger charge is 2.34. The molecule has 4 nitrogen and oxygen atoms in total. The number of carbonyl (C=O) groups is 1. The molecule has 0 bridgehead atoms. The van der Waals surface area contributed by atoms with Crippen LogP contribution in [0.3, 0.4) is 0 Å². The molecule has 0 atom stereocenters. The molecular weight excluding hydrogens is 284 g/mol. The molecule has 2 heterocycles. The Morgan fingerprint density at radius 1 is 1.53 bits per heavy atom. The van der Waals surface area contributed by atoms with Gasteiger partial charge in [-0.3, -0.25) is 9.78 Å². The minimum atomic E-state index is -0.266. The average molecular weight is 299 g/mol. The third kappa shape index (κ3) is 2.66. The van der Waals surface area contributed by atoms with E-state index in [0.29, 0.717) is 25.3 Å². The zero-order valence-electron chi connectivity index (χ0n) is 9.94. The van der Waals surface area contributed by atoms with Gasteiger partial charge in [-0.05, 0) is 35.8 Å². The lowest BCUT2D eigenvalue weighted by atomic mass is 10.0. The van der Waals surface area contributed by atoms with Crippen molar-refractivity contribution in [2.75, 3.05) is 19.8 Å². The number of ether oxygens (including phenoxy) is 1. The topological polar surface area (TPSA) is 42.4 Å². The smallest absolute Gasteiger partial charge is 0.256 e. The first-order chi connectivity index (χ1) is 8.00. The van der Waals surface area contributed by atoms with Crippen molar-refractivity contribution >= 4 is 21.8 Å². The molecule has 1 saturated heterocycles. The number of rotatable bonds is 1. The third-order valence-electron chi connectivity index (χ3n) is 2.84. The van der Waals surface area contributed by atoms with Crippen molar-refractivity contribution in [3.05, 3.63) is 28.5 Å². The van der Waals surface area contributed by atoms with Crippen LogP contribution in [0.5, 0.6) is 0 Å². The van der Waals surface area contributed by atoms with E-state index in [-0.39, 0.29) is 11.4 Å². The zero-order valence-corrected chi connectivity index (χ0v) is 11.5. The summed E-state index contributed by atoms with van der Waals surface area (Å²) in [7, 11) is 0. The monoisotopic (exact) mass is 298 g/mol. The number of halogens is 1. The van der Waals surface area contributed by atoms with E-state index < -0.39 is 0 Å². The summed E-state index contributed by atoms with van der Waals surface area (Å²) in [5.41, 5.74) is 0.340. The molecule has 0 spiro atoms. The van der Waals surface area contributed by atoms with Gasteiger partial charge in [-0.2, -0.15) is 0 Å². The van der Waals surface area contributed by atoms with Crippen LogP contribution in [0.4, 0.5) is 0 Å². The molecule has 92 valence electrons. The van der Waals surface area contributed by atoms with Crippen LogP contribution in [-0.2, 0) is 4.74 Å². The molecule has 1 aromatic heterocycles. The minimum absolute atomic E-state index is 0.00657. The van der Waals surface area contributed by atoms with Crippen LogP contribution in [0.15, 0.2) is 22.9 Å². The average Bonchev–Trinajstić information content (AvgIpc) is 2.27.